The third-order valence-electron chi connectivity index (χ3n) is 8.83. The number of ether oxygens (including phenoxy) is 1. The maximum absolute atomic E-state index is 13.3. The van der Waals surface area contributed by atoms with Crippen LogP contribution in [-0.2, 0) is 0 Å². The molecule has 4 aromatic rings. The standard InChI is InChI=1S/C30H38N8O2/c1-36-13-9-23(10-14-36)33-22-5-7-24(8-6-22)38-18-21-15-27(28(16-26(21)35-38)40-19-20-3-4-20)34-30(39)25-17-32-37-12-2-11-31-29(25)37/h2,11-12,15-18,20,22-24,33H,3-10,13-14,19H2,1H3,(H,34,39). The highest BCUT2D eigenvalue weighted by Crippen LogP contribution is 2.36. The predicted molar refractivity (Wildman–Crippen MR) is 154 cm³/mol. The molecule has 0 bridgehead atoms. The van der Waals surface area contributed by atoms with Gasteiger partial charge in [0.15, 0.2) is 5.65 Å². The number of fused-ring (bicyclic) bond motifs is 2. The summed E-state index contributed by atoms with van der Waals surface area (Å²) in [6, 6.07) is 7.41. The molecule has 2 N–H and O–H groups in total. The third-order valence-corrected chi connectivity index (χ3v) is 8.83. The van der Waals surface area contributed by atoms with Crippen molar-refractivity contribution in [3.63, 3.8) is 0 Å². The summed E-state index contributed by atoms with van der Waals surface area (Å²) in [6.07, 6.45) is 16.6. The van der Waals surface area contributed by atoms with E-state index in [4.69, 9.17) is 9.84 Å². The van der Waals surface area contributed by atoms with E-state index in [-0.39, 0.29) is 5.91 Å². The van der Waals surface area contributed by atoms with Gasteiger partial charge in [-0.2, -0.15) is 10.2 Å². The molecule has 0 atom stereocenters. The van der Waals surface area contributed by atoms with Gasteiger partial charge in [-0.1, -0.05) is 0 Å². The van der Waals surface area contributed by atoms with Crippen LogP contribution < -0.4 is 15.4 Å². The Morgan fingerprint density at radius 2 is 1.85 bits per heavy atom. The summed E-state index contributed by atoms with van der Waals surface area (Å²) in [5.74, 6) is 1.000. The van der Waals surface area contributed by atoms with E-state index >= 15 is 0 Å². The molecular weight excluding hydrogens is 504 g/mol. The average molecular weight is 543 g/mol. The predicted octanol–water partition coefficient (Wildman–Crippen LogP) is 4.29. The zero-order chi connectivity index (χ0) is 27.1. The third kappa shape index (κ3) is 5.42. The topological polar surface area (TPSA) is 102 Å². The Kier molecular flexibility index (Phi) is 6.89. The van der Waals surface area contributed by atoms with Crippen molar-refractivity contribution in [1.29, 1.82) is 0 Å². The summed E-state index contributed by atoms with van der Waals surface area (Å²) in [5.41, 5.74) is 2.50. The highest BCUT2D eigenvalue weighted by atomic mass is 16.5. The number of anilines is 1. The number of piperidine rings is 1. The number of hydrogen-bond acceptors (Lipinski definition) is 7. The minimum Gasteiger partial charge on any atom is -0.491 e. The minimum atomic E-state index is -0.257. The van der Waals surface area contributed by atoms with Crippen LogP contribution in [0.25, 0.3) is 16.6 Å². The molecule has 7 rings (SSSR count). The fourth-order valence-electron chi connectivity index (χ4n) is 6.16. The summed E-state index contributed by atoms with van der Waals surface area (Å²) in [6.45, 7) is 3.04. The van der Waals surface area contributed by atoms with E-state index in [0.717, 1.165) is 23.7 Å². The largest absolute Gasteiger partial charge is 0.491 e. The van der Waals surface area contributed by atoms with Gasteiger partial charge < -0.3 is 20.3 Å². The molecule has 1 aliphatic heterocycles. The molecule has 10 heteroatoms. The number of nitrogens with zero attached hydrogens (tertiary/aromatic N) is 6. The van der Waals surface area contributed by atoms with E-state index in [0.29, 0.717) is 53.3 Å². The number of aromatic nitrogens is 5. The van der Waals surface area contributed by atoms with Crippen molar-refractivity contribution in [2.75, 3.05) is 32.1 Å². The van der Waals surface area contributed by atoms with E-state index < -0.39 is 0 Å². The molecule has 1 saturated heterocycles. The molecule has 210 valence electrons. The van der Waals surface area contributed by atoms with Crippen molar-refractivity contribution in [3.8, 4) is 5.75 Å². The highest BCUT2D eigenvalue weighted by molar-refractivity contribution is 6.09. The van der Waals surface area contributed by atoms with Crippen LogP contribution in [0.3, 0.4) is 0 Å². The van der Waals surface area contributed by atoms with Crippen molar-refractivity contribution in [1.82, 2.24) is 34.6 Å². The molecule has 3 fully saturated rings. The van der Waals surface area contributed by atoms with Gasteiger partial charge in [-0.25, -0.2) is 9.50 Å². The van der Waals surface area contributed by atoms with Gasteiger partial charge in [0, 0.05) is 42.1 Å². The van der Waals surface area contributed by atoms with Gasteiger partial charge in [-0.05, 0) is 89.6 Å². The monoisotopic (exact) mass is 542 g/mol. The average Bonchev–Trinajstić information content (AvgIpc) is 3.55. The van der Waals surface area contributed by atoms with Gasteiger partial charge in [-0.3, -0.25) is 9.48 Å². The van der Waals surface area contributed by atoms with E-state index in [9.17, 15) is 4.79 Å². The lowest BCUT2D eigenvalue weighted by Crippen LogP contribution is -2.46. The quantitative estimate of drug-likeness (QED) is 0.343. The van der Waals surface area contributed by atoms with Gasteiger partial charge in [0.25, 0.3) is 5.91 Å². The number of carbonyl (C=O) groups excluding carboxylic acids is 1. The molecule has 1 amide bonds. The van der Waals surface area contributed by atoms with Crippen LogP contribution in [-0.4, -0.2) is 74.0 Å². The lowest BCUT2D eigenvalue weighted by molar-refractivity contribution is 0.102. The molecule has 1 aromatic carbocycles. The van der Waals surface area contributed by atoms with E-state index in [1.54, 1.807) is 29.2 Å². The molecule has 40 heavy (non-hydrogen) atoms. The normalized spacial score (nSPS) is 22.6. The summed E-state index contributed by atoms with van der Waals surface area (Å²) >= 11 is 0. The van der Waals surface area contributed by atoms with Gasteiger partial charge in [0.2, 0.25) is 0 Å². The van der Waals surface area contributed by atoms with Crippen molar-refractivity contribution in [3.05, 3.63) is 48.5 Å². The number of hydrogen-bond donors (Lipinski definition) is 2. The van der Waals surface area contributed by atoms with Crippen LogP contribution in [0.5, 0.6) is 5.75 Å². The first-order valence-electron chi connectivity index (χ1n) is 14.8. The molecule has 10 nitrogen and oxygen atoms in total. The van der Waals surface area contributed by atoms with Gasteiger partial charge in [-0.15, -0.1) is 0 Å². The summed E-state index contributed by atoms with van der Waals surface area (Å²) in [5, 5.41) is 17.2. The van der Waals surface area contributed by atoms with Gasteiger partial charge in [0.05, 0.1) is 30.0 Å². The number of rotatable bonds is 8. The first-order chi connectivity index (χ1) is 19.6. The second-order valence-electron chi connectivity index (χ2n) is 11.9. The molecule has 0 spiro atoms. The molecular formula is C30H38N8O2. The van der Waals surface area contributed by atoms with E-state index in [1.165, 1.54) is 51.6 Å². The highest BCUT2D eigenvalue weighted by Gasteiger charge is 2.27. The fourth-order valence-corrected chi connectivity index (χ4v) is 6.16. The SMILES string of the molecule is CN1CCC(NC2CCC(n3cc4cc(NC(=O)c5cnn6cccnc56)c(OCC5CC5)cc4n3)CC2)CC1. The van der Waals surface area contributed by atoms with Gasteiger partial charge in [0.1, 0.15) is 11.3 Å². The Bertz CT molecular complexity index is 1490. The van der Waals surface area contributed by atoms with Crippen LogP contribution >= 0.6 is 0 Å². The van der Waals surface area contributed by atoms with Crippen molar-refractivity contribution in [2.45, 2.75) is 69.5 Å². The van der Waals surface area contributed by atoms with Crippen LogP contribution in [0.2, 0.25) is 0 Å². The lowest BCUT2D eigenvalue weighted by atomic mass is 9.90. The van der Waals surface area contributed by atoms with Crippen LogP contribution in [0.15, 0.2) is 43.0 Å². The zero-order valence-electron chi connectivity index (χ0n) is 23.1. The Balaban J connectivity index is 1.07. The maximum atomic E-state index is 13.3. The molecule has 2 aliphatic carbocycles. The Morgan fingerprint density at radius 1 is 1.05 bits per heavy atom. The van der Waals surface area contributed by atoms with E-state index in [2.05, 4.69) is 43.5 Å². The maximum Gasteiger partial charge on any atom is 0.261 e. The molecule has 0 unspecified atom stereocenters. The number of carbonyl (C=O) groups is 1. The second kappa shape index (κ2) is 10.8. The number of amides is 1. The summed E-state index contributed by atoms with van der Waals surface area (Å²) in [7, 11) is 2.22. The van der Waals surface area contributed by atoms with Crippen LogP contribution in [0.4, 0.5) is 5.69 Å². The lowest BCUT2D eigenvalue weighted by Gasteiger charge is -2.35. The van der Waals surface area contributed by atoms with Crippen LogP contribution in [0, 0.1) is 5.92 Å². The Hall–Kier alpha value is -3.50. The smallest absolute Gasteiger partial charge is 0.261 e. The molecule has 3 aromatic heterocycles. The first kappa shape index (κ1) is 25.5. The number of nitrogens with one attached hydrogen (secondary N) is 2. The Morgan fingerprint density at radius 3 is 2.65 bits per heavy atom. The second-order valence-corrected chi connectivity index (χ2v) is 11.9. The molecule has 3 aliphatic rings. The number of likely N-dealkylation sites (tertiary alicyclic amines) is 1. The minimum absolute atomic E-state index is 0.257. The van der Waals surface area contributed by atoms with E-state index in [1.807, 2.05) is 12.1 Å². The fraction of sp³-hybridized carbons (Fsp3) is 0.533. The zero-order valence-corrected chi connectivity index (χ0v) is 23.1. The van der Waals surface area contributed by atoms with Crippen molar-refractivity contribution < 1.29 is 9.53 Å². The summed E-state index contributed by atoms with van der Waals surface area (Å²) < 4.78 is 9.95. The van der Waals surface area contributed by atoms with Crippen LogP contribution in [0.1, 0.15) is 67.8 Å². The number of benzene rings is 1. The Labute approximate surface area is 234 Å². The summed E-state index contributed by atoms with van der Waals surface area (Å²) in [4.78, 5) is 20.0. The van der Waals surface area contributed by atoms with Crippen molar-refractivity contribution >= 4 is 28.1 Å². The molecule has 2 saturated carbocycles. The molecule has 4 heterocycles. The molecule has 0 radical (unpaired) electrons. The van der Waals surface area contributed by atoms with Crippen molar-refractivity contribution in [2.24, 2.45) is 5.92 Å². The van der Waals surface area contributed by atoms with Gasteiger partial charge >= 0.3 is 0 Å². The first-order valence-corrected chi connectivity index (χ1v) is 14.8.